The Bertz CT molecular complexity index is 688. The molecule has 2 aromatic heterocycles. The first kappa shape index (κ1) is 17.9. The van der Waals surface area contributed by atoms with Crippen LogP contribution in [-0.4, -0.2) is 42.5 Å². The normalized spacial score (nSPS) is 17.0. The molecule has 6 nitrogen and oxygen atoms in total. The van der Waals surface area contributed by atoms with E-state index >= 15 is 0 Å². The van der Waals surface area contributed by atoms with Crippen LogP contribution >= 0.6 is 11.3 Å². The van der Waals surface area contributed by atoms with Crippen LogP contribution in [0.1, 0.15) is 40.2 Å². The predicted octanol–water partition coefficient (Wildman–Crippen LogP) is 2.86. The van der Waals surface area contributed by atoms with Crippen molar-refractivity contribution in [2.75, 3.05) is 26.7 Å². The number of thiazole rings is 1. The lowest BCUT2D eigenvalue weighted by atomic mass is 10.2. The molecule has 0 saturated carbocycles. The molecule has 3 rings (SSSR count). The Morgan fingerprint density at radius 3 is 2.76 bits per heavy atom. The zero-order chi connectivity index (χ0) is 17.6. The minimum Gasteiger partial charge on any atom is -0.468 e. The summed E-state index contributed by atoms with van der Waals surface area (Å²) >= 11 is 1.73. The molecule has 25 heavy (non-hydrogen) atoms. The molecule has 0 spiro atoms. The van der Waals surface area contributed by atoms with Crippen molar-refractivity contribution in [3.05, 3.63) is 39.7 Å². The fourth-order valence-electron chi connectivity index (χ4n) is 3.26. The molecule has 0 aromatic carbocycles. The fourth-order valence-corrected chi connectivity index (χ4v) is 4.14. The topological polar surface area (TPSA) is 65.7 Å². The van der Waals surface area contributed by atoms with Crippen LogP contribution in [0, 0.1) is 13.8 Å². The number of aromatic nitrogens is 1. The van der Waals surface area contributed by atoms with Crippen molar-refractivity contribution in [3.8, 4) is 0 Å². The van der Waals surface area contributed by atoms with Gasteiger partial charge < -0.3 is 15.1 Å². The van der Waals surface area contributed by atoms with Gasteiger partial charge in [-0.1, -0.05) is 0 Å². The van der Waals surface area contributed by atoms with E-state index in [-0.39, 0.29) is 6.04 Å². The van der Waals surface area contributed by atoms with E-state index in [1.54, 1.807) is 24.6 Å². The summed E-state index contributed by atoms with van der Waals surface area (Å²) in [5, 5.41) is 7.95. The maximum Gasteiger partial charge on any atom is 0.191 e. The number of furan rings is 1. The van der Waals surface area contributed by atoms with Crippen LogP contribution < -0.4 is 10.6 Å². The van der Waals surface area contributed by atoms with E-state index in [1.165, 1.54) is 17.7 Å². The van der Waals surface area contributed by atoms with Crippen LogP contribution in [-0.2, 0) is 6.54 Å². The van der Waals surface area contributed by atoms with Gasteiger partial charge in [0.2, 0.25) is 0 Å². The number of hydrogen-bond donors (Lipinski definition) is 2. The third kappa shape index (κ3) is 4.61. The summed E-state index contributed by atoms with van der Waals surface area (Å²) in [5.41, 5.74) is 1.09. The number of likely N-dealkylation sites (tertiary alicyclic amines) is 1. The number of hydrogen-bond acceptors (Lipinski definition) is 5. The fraction of sp³-hybridized carbons (Fsp3) is 0.556. The highest BCUT2D eigenvalue weighted by Crippen LogP contribution is 2.24. The summed E-state index contributed by atoms with van der Waals surface area (Å²) in [7, 11) is 1.80. The van der Waals surface area contributed by atoms with E-state index in [1.807, 2.05) is 13.0 Å². The average molecular weight is 362 g/mol. The van der Waals surface area contributed by atoms with Gasteiger partial charge in [0.05, 0.1) is 29.6 Å². The van der Waals surface area contributed by atoms with Gasteiger partial charge in [-0.05, 0) is 51.9 Å². The van der Waals surface area contributed by atoms with E-state index in [4.69, 9.17) is 4.42 Å². The van der Waals surface area contributed by atoms with Gasteiger partial charge >= 0.3 is 0 Å². The highest BCUT2D eigenvalue weighted by atomic mass is 32.1. The standard InChI is InChI=1S/C18H27N5OS/c1-13-17(25-14(2)22-13)12-21-18(19-3)20-11-15(16-7-6-10-24-16)23-8-4-5-9-23/h6-7,10,15H,4-5,8-9,11-12H2,1-3H3,(H2,19,20,21). The van der Waals surface area contributed by atoms with Crippen LogP contribution in [0.5, 0.6) is 0 Å². The van der Waals surface area contributed by atoms with Crippen LogP contribution in [0.4, 0.5) is 0 Å². The minimum atomic E-state index is 0.239. The molecular formula is C18H27N5OS. The Morgan fingerprint density at radius 2 is 2.16 bits per heavy atom. The van der Waals surface area contributed by atoms with Crippen molar-refractivity contribution >= 4 is 17.3 Å². The number of nitrogens with zero attached hydrogens (tertiary/aromatic N) is 3. The van der Waals surface area contributed by atoms with Gasteiger partial charge in [0.1, 0.15) is 5.76 Å². The third-order valence-corrected chi connectivity index (χ3v) is 5.63. The molecule has 2 N–H and O–H groups in total. The minimum absolute atomic E-state index is 0.239. The molecule has 0 radical (unpaired) electrons. The average Bonchev–Trinajstić information content (AvgIpc) is 3.34. The number of aliphatic imine (C=N–C) groups is 1. The second kappa shape index (κ2) is 8.49. The Hall–Kier alpha value is -1.86. The Morgan fingerprint density at radius 1 is 1.36 bits per heavy atom. The first-order chi connectivity index (χ1) is 12.2. The molecule has 0 bridgehead atoms. The summed E-state index contributed by atoms with van der Waals surface area (Å²) in [6.07, 6.45) is 4.27. The summed E-state index contributed by atoms with van der Waals surface area (Å²) in [6, 6.07) is 4.26. The van der Waals surface area contributed by atoms with Crippen LogP contribution in [0.15, 0.2) is 27.8 Å². The first-order valence-corrected chi connectivity index (χ1v) is 9.64. The lowest BCUT2D eigenvalue weighted by Crippen LogP contribution is -2.42. The molecule has 0 amide bonds. The summed E-state index contributed by atoms with van der Waals surface area (Å²) in [4.78, 5) is 12.6. The molecule has 1 aliphatic rings. The molecule has 1 atom stereocenters. The van der Waals surface area contributed by atoms with Gasteiger partial charge in [-0.3, -0.25) is 9.89 Å². The maximum atomic E-state index is 5.67. The molecular weight excluding hydrogens is 334 g/mol. The highest BCUT2D eigenvalue weighted by Gasteiger charge is 2.25. The molecule has 0 aliphatic carbocycles. The van der Waals surface area contributed by atoms with E-state index in [2.05, 4.69) is 38.5 Å². The van der Waals surface area contributed by atoms with Gasteiger partial charge in [-0.2, -0.15) is 0 Å². The molecule has 1 aliphatic heterocycles. The molecule has 2 aromatic rings. The number of nitrogens with one attached hydrogen (secondary N) is 2. The number of rotatable bonds is 6. The second-order valence-electron chi connectivity index (χ2n) is 6.32. The quantitative estimate of drug-likeness (QED) is 0.612. The SMILES string of the molecule is CN=C(NCc1sc(C)nc1C)NCC(c1ccco1)N1CCCC1. The van der Waals surface area contributed by atoms with Crippen molar-refractivity contribution in [2.45, 2.75) is 39.3 Å². The van der Waals surface area contributed by atoms with Crippen molar-refractivity contribution in [2.24, 2.45) is 4.99 Å². The Labute approximate surface area is 153 Å². The Kier molecular flexibility index (Phi) is 6.09. The van der Waals surface area contributed by atoms with Gasteiger partial charge in [0.15, 0.2) is 5.96 Å². The molecule has 1 unspecified atom stereocenters. The molecule has 3 heterocycles. The van der Waals surface area contributed by atoms with Crippen LogP contribution in [0.25, 0.3) is 0 Å². The largest absolute Gasteiger partial charge is 0.468 e. The molecule has 136 valence electrons. The van der Waals surface area contributed by atoms with Crippen molar-refractivity contribution in [1.82, 2.24) is 20.5 Å². The lowest BCUT2D eigenvalue weighted by molar-refractivity contribution is 0.215. The van der Waals surface area contributed by atoms with E-state index in [0.717, 1.165) is 48.6 Å². The smallest absolute Gasteiger partial charge is 0.191 e. The summed E-state index contributed by atoms with van der Waals surface area (Å²) in [5.74, 6) is 1.82. The van der Waals surface area contributed by atoms with Crippen LogP contribution in [0.3, 0.4) is 0 Å². The van der Waals surface area contributed by atoms with Gasteiger partial charge in [-0.25, -0.2) is 4.98 Å². The number of aryl methyl sites for hydroxylation is 2. The summed E-state index contributed by atoms with van der Waals surface area (Å²) in [6.45, 7) is 7.85. The number of guanidine groups is 1. The maximum absolute atomic E-state index is 5.67. The van der Waals surface area contributed by atoms with Crippen molar-refractivity contribution in [1.29, 1.82) is 0 Å². The zero-order valence-electron chi connectivity index (χ0n) is 15.2. The van der Waals surface area contributed by atoms with Gasteiger partial charge in [0.25, 0.3) is 0 Å². The summed E-state index contributed by atoms with van der Waals surface area (Å²) < 4.78 is 5.67. The molecule has 7 heteroatoms. The van der Waals surface area contributed by atoms with Crippen LogP contribution in [0.2, 0.25) is 0 Å². The molecule has 1 fully saturated rings. The van der Waals surface area contributed by atoms with E-state index in [0.29, 0.717) is 0 Å². The Balaban J connectivity index is 1.57. The zero-order valence-corrected chi connectivity index (χ0v) is 16.0. The van der Waals surface area contributed by atoms with E-state index in [9.17, 15) is 0 Å². The van der Waals surface area contributed by atoms with Crippen molar-refractivity contribution in [3.63, 3.8) is 0 Å². The highest BCUT2D eigenvalue weighted by molar-refractivity contribution is 7.11. The van der Waals surface area contributed by atoms with Gasteiger partial charge in [0, 0.05) is 18.5 Å². The van der Waals surface area contributed by atoms with Gasteiger partial charge in [-0.15, -0.1) is 11.3 Å². The van der Waals surface area contributed by atoms with Crippen molar-refractivity contribution < 1.29 is 4.42 Å². The predicted molar refractivity (Wildman–Crippen MR) is 102 cm³/mol. The third-order valence-electron chi connectivity index (χ3n) is 4.56. The molecule has 1 saturated heterocycles. The van der Waals surface area contributed by atoms with E-state index < -0.39 is 0 Å². The first-order valence-electron chi connectivity index (χ1n) is 8.82. The lowest BCUT2D eigenvalue weighted by Gasteiger charge is -2.26. The monoisotopic (exact) mass is 361 g/mol. The second-order valence-corrected chi connectivity index (χ2v) is 7.61.